The standard InChI is InChI=1S/C13H24BrN2.BrH/c1-13-15(2)11-12-16(13)10-8-6-4-3-5-7-9-14;/h11-12H,3-10H2,1-2H3;1H/q+1;/p-1. The third-order valence-electron chi connectivity index (χ3n) is 3.18. The molecule has 0 saturated carbocycles. The Bertz CT molecular complexity index is 298. The van der Waals surface area contributed by atoms with Crippen LogP contribution in [0, 0.1) is 6.92 Å². The molecule has 0 aliphatic carbocycles. The van der Waals surface area contributed by atoms with E-state index in [4.69, 9.17) is 0 Å². The van der Waals surface area contributed by atoms with Crippen LogP contribution in [0.5, 0.6) is 0 Å². The van der Waals surface area contributed by atoms with Gasteiger partial charge in [-0.1, -0.05) is 35.2 Å². The van der Waals surface area contributed by atoms with E-state index in [0.717, 1.165) is 5.33 Å². The SMILES string of the molecule is Cc1n(CCCCCCCCBr)cc[n+]1C.[Br-]. The largest absolute Gasteiger partial charge is 1.00 e. The summed E-state index contributed by atoms with van der Waals surface area (Å²) in [6.07, 6.45) is 12.5. The first-order chi connectivity index (χ1) is 7.75. The van der Waals surface area contributed by atoms with Gasteiger partial charge in [0.15, 0.2) is 0 Å². The van der Waals surface area contributed by atoms with Crippen molar-refractivity contribution in [3.8, 4) is 0 Å². The lowest BCUT2D eigenvalue weighted by Crippen LogP contribution is -3.00. The highest BCUT2D eigenvalue weighted by molar-refractivity contribution is 9.09. The molecule has 4 heteroatoms. The molecule has 0 radical (unpaired) electrons. The van der Waals surface area contributed by atoms with Crippen molar-refractivity contribution >= 4 is 15.9 Å². The van der Waals surface area contributed by atoms with E-state index in [9.17, 15) is 0 Å². The molecule has 100 valence electrons. The summed E-state index contributed by atoms with van der Waals surface area (Å²) < 4.78 is 4.52. The first-order valence-electron chi connectivity index (χ1n) is 6.33. The number of nitrogens with zero attached hydrogens (tertiary/aromatic N) is 2. The van der Waals surface area contributed by atoms with Gasteiger partial charge in [0.25, 0.3) is 5.82 Å². The molecule has 17 heavy (non-hydrogen) atoms. The first kappa shape index (κ1) is 17.2. The molecule has 0 N–H and O–H groups in total. The summed E-state index contributed by atoms with van der Waals surface area (Å²) in [6.45, 7) is 3.35. The molecule has 0 atom stereocenters. The maximum Gasteiger partial charge on any atom is 0.253 e. The number of imidazole rings is 1. The Morgan fingerprint density at radius 1 is 1.12 bits per heavy atom. The number of hydrogen-bond acceptors (Lipinski definition) is 0. The summed E-state index contributed by atoms with van der Waals surface area (Å²) >= 11 is 3.47. The van der Waals surface area contributed by atoms with Gasteiger partial charge in [0.2, 0.25) is 0 Å². The molecule has 0 bridgehead atoms. The zero-order chi connectivity index (χ0) is 11.8. The first-order valence-corrected chi connectivity index (χ1v) is 7.45. The highest BCUT2D eigenvalue weighted by Crippen LogP contribution is 2.07. The molecule has 1 heterocycles. The Morgan fingerprint density at radius 3 is 2.24 bits per heavy atom. The summed E-state index contributed by atoms with van der Waals surface area (Å²) in [4.78, 5) is 0. The second-order valence-electron chi connectivity index (χ2n) is 4.46. The van der Waals surface area contributed by atoms with E-state index in [0.29, 0.717) is 0 Å². The Morgan fingerprint density at radius 2 is 1.71 bits per heavy atom. The number of hydrogen-bond donors (Lipinski definition) is 0. The van der Waals surface area contributed by atoms with E-state index in [1.54, 1.807) is 0 Å². The fourth-order valence-electron chi connectivity index (χ4n) is 1.92. The molecular formula is C13H24Br2N2. The van der Waals surface area contributed by atoms with Crippen molar-refractivity contribution in [3.05, 3.63) is 18.2 Å². The van der Waals surface area contributed by atoms with E-state index in [1.807, 2.05) is 0 Å². The van der Waals surface area contributed by atoms with E-state index in [1.165, 1.54) is 50.9 Å². The summed E-state index contributed by atoms with van der Waals surface area (Å²) in [5.74, 6) is 1.35. The quantitative estimate of drug-likeness (QED) is 0.356. The molecule has 0 unspecified atom stereocenters. The van der Waals surface area contributed by atoms with Crippen LogP contribution in [0.25, 0.3) is 0 Å². The van der Waals surface area contributed by atoms with Crippen LogP contribution >= 0.6 is 15.9 Å². The lowest BCUT2D eigenvalue weighted by atomic mass is 10.1. The monoisotopic (exact) mass is 366 g/mol. The summed E-state index contributed by atoms with van der Waals surface area (Å²) in [7, 11) is 2.10. The Labute approximate surface area is 124 Å². The highest BCUT2D eigenvalue weighted by Gasteiger charge is 2.07. The summed E-state index contributed by atoms with van der Waals surface area (Å²) in [5, 5.41) is 1.16. The minimum absolute atomic E-state index is 0. The van der Waals surface area contributed by atoms with Gasteiger partial charge < -0.3 is 17.0 Å². The molecule has 1 aromatic rings. The van der Waals surface area contributed by atoms with Gasteiger partial charge in [-0.15, -0.1) is 0 Å². The molecule has 0 spiro atoms. The van der Waals surface area contributed by atoms with Gasteiger partial charge in [0.1, 0.15) is 12.4 Å². The fraction of sp³-hybridized carbons (Fsp3) is 0.769. The molecule has 0 aliphatic rings. The molecule has 0 aromatic carbocycles. The highest BCUT2D eigenvalue weighted by atomic mass is 79.9. The van der Waals surface area contributed by atoms with Crippen molar-refractivity contribution in [1.29, 1.82) is 0 Å². The maximum atomic E-state index is 3.47. The maximum absolute atomic E-state index is 3.47. The van der Waals surface area contributed by atoms with Crippen LogP contribution < -0.4 is 21.5 Å². The van der Waals surface area contributed by atoms with E-state index in [-0.39, 0.29) is 17.0 Å². The molecule has 2 nitrogen and oxygen atoms in total. The predicted molar refractivity (Wildman–Crippen MR) is 71.8 cm³/mol. The number of aromatic nitrogens is 2. The summed E-state index contributed by atoms with van der Waals surface area (Å²) in [5.41, 5.74) is 0. The lowest BCUT2D eigenvalue weighted by molar-refractivity contribution is -0.677. The van der Waals surface area contributed by atoms with Crippen LogP contribution in [-0.2, 0) is 13.6 Å². The van der Waals surface area contributed by atoms with Crippen LogP contribution in [-0.4, -0.2) is 9.90 Å². The minimum atomic E-state index is 0. The Hall–Kier alpha value is 0.170. The number of alkyl halides is 1. The predicted octanol–water partition coefficient (Wildman–Crippen LogP) is 0.361. The van der Waals surface area contributed by atoms with Crippen LogP contribution in [0.15, 0.2) is 12.4 Å². The van der Waals surface area contributed by atoms with Gasteiger partial charge in [-0.2, -0.15) is 0 Å². The number of aryl methyl sites for hydroxylation is 2. The number of halogens is 2. The molecule has 1 aromatic heterocycles. The van der Waals surface area contributed by atoms with Crippen molar-refractivity contribution in [2.45, 2.75) is 52.0 Å². The van der Waals surface area contributed by atoms with E-state index in [2.05, 4.69) is 51.4 Å². The van der Waals surface area contributed by atoms with E-state index >= 15 is 0 Å². The average molecular weight is 368 g/mol. The average Bonchev–Trinajstić information content (AvgIpc) is 2.59. The topological polar surface area (TPSA) is 8.81 Å². The van der Waals surface area contributed by atoms with Crippen LogP contribution in [0.3, 0.4) is 0 Å². The van der Waals surface area contributed by atoms with Gasteiger partial charge in [0, 0.05) is 12.3 Å². The zero-order valence-corrected chi connectivity index (χ0v) is 14.1. The zero-order valence-electron chi connectivity index (χ0n) is 11.0. The van der Waals surface area contributed by atoms with Crippen molar-refractivity contribution < 1.29 is 21.5 Å². The van der Waals surface area contributed by atoms with Gasteiger partial charge in [-0.05, 0) is 19.3 Å². The lowest BCUT2D eigenvalue weighted by Gasteiger charge is -2.00. The van der Waals surface area contributed by atoms with Gasteiger partial charge in [-0.25, -0.2) is 9.13 Å². The van der Waals surface area contributed by atoms with Crippen LogP contribution in [0.1, 0.15) is 44.3 Å². The van der Waals surface area contributed by atoms with Gasteiger partial charge >= 0.3 is 0 Å². The molecule has 0 aliphatic heterocycles. The Kier molecular flexibility index (Phi) is 10.2. The van der Waals surface area contributed by atoms with Crippen LogP contribution in [0.4, 0.5) is 0 Å². The normalized spacial score (nSPS) is 10.3. The van der Waals surface area contributed by atoms with Crippen molar-refractivity contribution in [3.63, 3.8) is 0 Å². The second kappa shape index (κ2) is 10.1. The third kappa shape index (κ3) is 6.61. The number of rotatable bonds is 8. The van der Waals surface area contributed by atoms with Crippen molar-refractivity contribution in [2.24, 2.45) is 7.05 Å². The van der Waals surface area contributed by atoms with Crippen molar-refractivity contribution in [2.75, 3.05) is 5.33 Å². The molecular weight excluding hydrogens is 344 g/mol. The number of unbranched alkanes of at least 4 members (excludes halogenated alkanes) is 5. The molecule has 1 rings (SSSR count). The van der Waals surface area contributed by atoms with Crippen LogP contribution in [0.2, 0.25) is 0 Å². The Balaban J connectivity index is 0.00000256. The summed E-state index contributed by atoms with van der Waals surface area (Å²) in [6, 6.07) is 0. The third-order valence-corrected chi connectivity index (χ3v) is 3.74. The smallest absolute Gasteiger partial charge is 0.253 e. The van der Waals surface area contributed by atoms with Gasteiger partial charge in [-0.3, -0.25) is 0 Å². The molecule has 0 saturated heterocycles. The van der Waals surface area contributed by atoms with E-state index < -0.39 is 0 Å². The molecule has 0 amide bonds. The minimum Gasteiger partial charge on any atom is -1.00 e. The van der Waals surface area contributed by atoms with Crippen molar-refractivity contribution in [1.82, 2.24) is 4.57 Å². The second-order valence-corrected chi connectivity index (χ2v) is 5.25. The van der Waals surface area contributed by atoms with Gasteiger partial charge in [0.05, 0.1) is 13.6 Å². The molecule has 0 fully saturated rings. The fourth-order valence-corrected chi connectivity index (χ4v) is 2.32.